The van der Waals surface area contributed by atoms with Crippen LogP contribution in [0.1, 0.15) is 44.0 Å². The zero-order chi connectivity index (χ0) is 21.0. The number of hydrogen-bond acceptors (Lipinski definition) is 5. The van der Waals surface area contributed by atoms with Gasteiger partial charge in [-0.15, -0.1) is 0 Å². The third kappa shape index (κ3) is 5.72. The van der Waals surface area contributed by atoms with Gasteiger partial charge in [-0.1, -0.05) is 0 Å². The van der Waals surface area contributed by atoms with E-state index in [1.165, 1.54) is 6.20 Å². The number of aromatic amines is 1. The van der Waals surface area contributed by atoms with Crippen molar-refractivity contribution < 1.29 is 14.3 Å². The number of carbonyl (C=O) groups excluding carboxylic acids is 2. The lowest BCUT2D eigenvalue weighted by molar-refractivity contribution is 0.0500. The van der Waals surface area contributed by atoms with Gasteiger partial charge in [-0.05, 0) is 61.7 Å². The minimum absolute atomic E-state index is 0.0396. The van der Waals surface area contributed by atoms with Crippen molar-refractivity contribution in [1.29, 1.82) is 0 Å². The molecule has 156 valence electrons. The van der Waals surface area contributed by atoms with Gasteiger partial charge in [0, 0.05) is 37.7 Å². The first-order valence-electron chi connectivity index (χ1n) is 9.55. The summed E-state index contributed by atoms with van der Waals surface area (Å²) in [6, 6.07) is 3.40. The third-order valence-corrected chi connectivity index (χ3v) is 5.04. The summed E-state index contributed by atoms with van der Waals surface area (Å²) in [4.78, 5) is 33.9. The van der Waals surface area contributed by atoms with Crippen molar-refractivity contribution in [1.82, 2.24) is 15.3 Å². The molecule has 3 rings (SSSR count). The van der Waals surface area contributed by atoms with E-state index in [9.17, 15) is 9.59 Å². The largest absolute Gasteiger partial charge is 0.444 e. The molecule has 0 saturated carbocycles. The number of rotatable bonds is 4. The molecule has 3 heterocycles. The van der Waals surface area contributed by atoms with E-state index in [-0.39, 0.29) is 11.9 Å². The van der Waals surface area contributed by atoms with Gasteiger partial charge in [0.2, 0.25) is 0 Å². The molecule has 1 fully saturated rings. The highest BCUT2D eigenvalue weighted by molar-refractivity contribution is 9.10. The molecule has 0 spiro atoms. The van der Waals surface area contributed by atoms with Crippen LogP contribution in [-0.4, -0.2) is 46.7 Å². The molecular weight excluding hydrogens is 438 g/mol. The molecular formula is C20H26BrN5O3. The monoisotopic (exact) mass is 463 g/mol. The molecule has 0 radical (unpaired) electrons. The predicted octanol–water partition coefficient (Wildman–Crippen LogP) is 3.92. The summed E-state index contributed by atoms with van der Waals surface area (Å²) in [6.07, 6.45) is 6.27. The van der Waals surface area contributed by atoms with Gasteiger partial charge >= 0.3 is 6.09 Å². The molecule has 0 aliphatic carbocycles. The van der Waals surface area contributed by atoms with Crippen LogP contribution in [0.2, 0.25) is 0 Å². The Morgan fingerprint density at radius 3 is 2.86 bits per heavy atom. The number of alkyl carbamates (subject to hydrolysis) is 1. The summed E-state index contributed by atoms with van der Waals surface area (Å²) >= 11 is 3.54. The highest BCUT2D eigenvalue weighted by atomic mass is 79.9. The van der Waals surface area contributed by atoms with Crippen molar-refractivity contribution in [3.05, 3.63) is 40.9 Å². The summed E-state index contributed by atoms with van der Waals surface area (Å²) in [5, 5.41) is 5.89. The van der Waals surface area contributed by atoms with Gasteiger partial charge in [0.15, 0.2) is 0 Å². The second-order valence-electron chi connectivity index (χ2n) is 7.99. The van der Waals surface area contributed by atoms with Crippen molar-refractivity contribution in [2.24, 2.45) is 0 Å². The fourth-order valence-corrected chi connectivity index (χ4v) is 3.84. The number of H-pyrrole nitrogens is 1. The van der Waals surface area contributed by atoms with Crippen molar-refractivity contribution in [2.75, 3.05) is 23.3 Å². The molecule has 29 heavy (non-hydrogen) atoms. The Morgan fingerprint density at radius 2 is 2.17 bits per heavy atom. The van der Waals surface area contributed by atoms with Crippen LogP contribution < -0.4 is 15.5 Å². The zero-order valence-electron chi connectivity index (χ0n) is 16.8. The van der Waals surface area contributed by atoms with E-state index >= 15 is 0 Å². The Kier molecular flexibility index (Phi) is 6.46. The van der Waals surface area contributed by atoms with E-state index in [1.807, 2.05) is 20.8 Å². The molecule has 0 unspecified atom stereocenters. The van der Waals surface area contributed by atoms with E-state index in [1.54, 1.807) is 24.5 Å². The van der Waals surface area contributed by atoms with Gasteiger partial charge < -0.3 is 25.3 Å². The average molecular weight is 464 g/mol. The van der Waals surface area contributed by atoms with Crippen LogP contribution in [0, 0.1) is 0 Å². The lowest BCUT2D eigenvalue weighted by Gasteiger charge is -2.35. The smallest absolute Gasteiger partial charge is 0.407 e. The molecule has 1 saturated heterocycles. The minimum Gasteiger partial charge on any atom is -0.444 e. The topological polar surface area (TPSA) is 99.3 Å². The van der Waals surface area contributed by atoms with Crippen molar-refractivity contribution in [2.45, 2.75) is 45.3 Å². The predicted molar refractivity (Wildman–Crippen MR) is 115 cm³/mol. The lowest BCUT2D eigenvalue weighted by Crippen LogP contribution is -2.49. The summed E-state index contributed by atoms with van der Waals surface area (Å²) < 4.78 is 6.14. The Balaban J connectivity index is 1.69. The maximum absolute atomic E-state index is 12.5. The maximum atomic E-state index is 12.5. The van der Waals surface area contributed by atoms with Crippen LogP contribution in [0.15, 0.2) is 35.3 Å². The summed E-state index contributed by atoms with van der Waals surface area (Å²) in [6.45, 7) is 6.96. The van der Waals surface area contributed by atoms with Gasteiger partial charge in [-0.2, -0.15) is 0 Å². The van der Waals surface area contributed by atoms with Crippen LogP contribution in [0.4, 0.5) is 16.2 Å². The number of anilines is 2. The van der Waals surface area contributed by atoms with E-state index in [2.05, 4.69) is 41.4 Å². The number of pyridine rings is 1. The van der Waals surface area contributed by atoms with Crippen molar-refractivity contribution in [3.63, 3.8) is 0 Å². The number of halogens is 1. The first-order chi connectivity index (χ1) is 13.7. The second kappa shape index (κ2) is 8.86. The lowest BCUT2D eigenvalue weighted by atomic mass is 10.1. The SMILES string of the molecule is CC(C)(C)OC(=O)N[C@@H]1CCCN(c2c(NC(=O)c3cccnc3)c[nH]c2Br)C1. The Hall–Kier alpha value is -2.55. The molecule has 2 amide bonds. The zero-order valence-corrected chi connectivity index (χ0v) is 18.4. The van der Waals surface area contributed by atoms with Crippen LogP contribution in [-0.2, 0) is 4.74 Å². The van der Waals surface area contributed by atoms with Gasteiger partial charge in [0.1, 0.15) is 10.2 Å². The average Bonchev–Trinajstić information content (AvgIpc) is 3.01. The highest BCUT2D eigenvalue weighted by Gasteiger charge is 2.27. The molecule has 1 atom stereocenters. The van der Waals surface area contributed by atoms with Crippen molar-refractivity contribution in [3.8, 4) is 0 Å². The number of piperidine rings is 1. The first-order valence-corrected chi connectivity index (χ1v) is 10.3. The maximum Gasteiger partial charge on any atom is 0.407 e. The van der Waals surface area contributed by atoms with Gasteiger partial charge in [-0.3, -0.25) is 9.78 Å². The molecule has 1 aliphatic heterocycles. The number of hydrogen-bond donors (Lipinski definition) is 3. The summed E-state index contributed by atoms with van der Waals surface area (Å²) in [5.74, 6) is -0.230. The molecule has 9 heteroatoms. The molecule has 1 aliphatic rings. The first kappa shape index (κ1) is 21.2. The Bertz CT molecular complexity index is 863. The van der Waals surface area contributed by atoms with Crippen LogP contribution >= 0.6 is 15.9 Å². The van der Waals surface area contributed by atoms with E-state index < -0.39 is 11.7 Å². The van der Waals surface area contributed by atoms with Crippen molar-refractivity contribution >= 4 is 39.3 Å². The molecule has 2 aromatic rings. The quantitative estimate of drug-likeness (QED) is 0.637. The third-order valence-electron chi connectivity index (χ3n) is 4.44. The number of amides is 2. The number of ether oxygens (including phenoxy) is 1. The van der Waals surface area contributed by atoms with Crippen LogP contribution in [0.25, 0.3) is 0 Å². The van der Waals surface area contributed by atoms with Gasteiger partial charge in [-0.25, -0.2) is 4.79 Å². The molecule has 3 N–H and O–H groups in total. The normalized spacial score (nSPS) is 17.0. The Labute approximate surface area is 178 Å². The standard InChI is InChI=1S/C20H26BrN5O3/c1-20(2,3)29-19(28)24-14-7-5-9-26(12-14)16-15(11-23-17(16)21)25-18(27)13-6-4-8-22-10-13/h4,6,8,10-11,14,23H,5,7,9,12H2,1-3H3,(H,24,28)(H,25,27)/t14-/m1/s1. The molecule has 0 aromatic carbocycles. The van der Waals surface area contributed by atoms with E-state index in [4.69, 9.17) is 4.74 Å². The highest BCUT2D eigenvalue weighted by Crippen LogP contribution is 2.36. The summed E-state index contributed by atoms with van der Waals surface area (Å²) in [7, 11) is 0. The number of nitrogens with zero attached hydrogens (tertiary/aromatic N) is 2. The van der Waals surface area contributed by atoms with Crippen LogP contribution in [0.5, 0.6) is 0 Å². The fourth-order valence-electron chi connectivity index (χ4n) is 3.26. The minimum atomic E-state index is -0.536. The van der Waals surface area contributed by atoms with Gasteiger partial charge in [0.25, 0.3) is 5.91 Å². The number of aromatic nitrogens is 2. The molecule has 8 nitrogen and oxygen atoms in total. The van der Waals surface area contributed by atoms with Crippen LogP contribution in [0.3, 0.4) is 0 Å². The molecule has 0 bridgehead atoms. The second-order valence-corrected chi connectivity index (χ2v) is 8.79. The fraction of sp³-hybridized carbons (Fsp3) is 0.450. The number of carbonyl (C=O) groups is 2. The van der Waals surface area contributed by atoms with E-state index in [0.29, 0.717) is 17.8 Å². The number of nitrogens with one attached hydrogen (secondary N) is 3. The summed E-state index contributed by atoms with van der Waals surface area (Å²) in [5.41, 5.74) is 1.48. The Morgan fingerprint density at radius 1 is 1.38 bits per heavy atom. The molecule has 2 aromatic heterocycles. The van der Waals surface area contributed by atoms with E-state index in [0.717, 1.165) is 29.7 Å². The van der Waals surface area contributed by atoms with Gasteiger partial charge in [0.05, 0.1) is 16.9 Å².